The molecule has 0 saturated heterocycles. The number of hydrogen-bond acceptors (Lipinski definition) is 3. The van der Waals surface area contributed by atoms with Gasteiger partial charge in [0.1, 0.15) is 0 Å². The lowest BCUT2D eigenvalue weighted by Crippen LogP contribution is -2.43. The van der Waals surface area contributed by atoms with Crippen molar-refractivity contribution in [2.24, 2.45) is 0 Å². The summed E-state index contributed by atoms with van der Waals surface area (Å²) in [6.45, 7) is 6.73. The molecule has 1 aromatic carbocycles. The summed E-state index contributed by atoms with van der Waals surface area (Å²) in [5, 5.41) is 10.1. The maximum absolute atomic E-state index is 11.0. The molecule has 0 radical (unpaired) electrons. The van der Waals surface area contributed by atoms with Gasteiger partial charge >= 0.3 is 5.97 Å². The average molecular weight is 272 g/mol. The van der Waals surface area contributed by atoms with Gasteiger partial charge in [0.05, 0.1) is 12.1 Å². The Hall–Kier alpha value is -1.94. The van der Waals surface area contributed by atoms with Crippen LogP contribution in [-0.4, -0.2) is 33.0 Å². The highest BCUT2D eigenvalue weighted by Crippen LogP contribution is 2.19. The molecule has 0 amide bonds. The molecule has 1 heterocycles. The molecule has 1 N–H and O–H groups in total. The van der Waals surface area contributed by atoms with Crippen LogP contribution in [-0.2, 0) is 11.3 Å². The fourth-order valence-corrected chi connectivity index (χ4v) is 2.14. The summed E-state index contributed by atoms with van der Waals surface area (Å²) in [5.74, 6) is -0.803. The Morgan fingerprint density at radius 3 is 2.70 bits per heavy atom. The molecule has 0 aliphatic carbocycles. The lowest BCUT2D eigenvalue weighted by molar-refractivity contribution is -0.139. The van der Waals surface area contributed by atoms with E-state index in [2.05, 4.69) is 11.1 Å². The highest BCUT2D eigenvalue weighted by Gasteiger charge is 2.23. The molecule has 0 bridgehead atoms. The normalized spacial score (nSPS) is 12.0. The maximum atomic E-state index is 11.0. The quantitative estimate of drug-likeness (QED) is 0.929. The third-order valence-corrected chi connectivity index (χ3v) is 3.32. The molecule has 4 heteroatoms. The van der Waals surface area contributed by atoms with Crippen molar-refractivity contribution in [2.75, 3.05) is 6.54 Å². The van der Waals surface area contributed by atoms with Crippen LogP contribution >= 0.6 is 0 Å². The summed E-state index contributed by atoms with van der Waals surface area (Å²) in [5.41, 5.74) is 1.86. The molecule has 0 fully saturated rings. The van der Waals surface area contributed by atoms with Crippen LogP contribution in [0.4, 0.5) is 0 Å². The van der Waals surface area contributed by atoms with Gasteiger partial charge in [-0.2, -0.15) is 0 Å². The van der Waals surface area contributed by atoms with E-state index in [1.165, 1.54) is 0 Å². The van der Waals surface area contributed by atoms with Crippen molar-refractivity contribution in [3.63, 3.8) is 0 Å². The summed E-state index contributed by atoms with van der Waals surface area (Å²) >= 11 is 0. The maximum Gasteiger partial charge on any atom is 0.317 e. The number of benzene rings is 1. The summed E-state index contributed by atoms with van der Waals surface area (Å²) in [4.78, 5) is 17.2. The van der Waals surface area contributed by atoms with Crippen molar-refractivity contribution in [1.29, 1.82) is 0 Å². The Balaban J connectivity index is 2.26. The SMILES string of the molecule is CC(C)(C)N(CC(=O)O)Cc1ccc2ncccc2c1. The van der Waals surface area contributed by atoms with E-state index < -0.39 is 5.97 Å². The van der Waals surface area contributed by atoms with Crippen molar-refractivity contribution in [2.45, 2.75) is 32.9 Å². The highest BCUT2D eigenvalue weighted by atomic mass is 16.4. The largest absolute Gasteiger partial charge is 0.480 e. The molecule has 0 spiro atoms. The monoisotopic (exact) mass is 272 g/mol. The molecular formula is C16H20N2O2. The van der Waals surface area contributed by atoms with Crippen LogP contribution in [0.2, 0.25) is 0 Å². The lowest BCUT2D eigenvalue weighted by atomic mass is 10.0. The van der Waals surface area contributed by atoms with E-state index in [9.17, 15) is 4.79 Å². The van der Waals surface area contributed by atoms with Crippen LogP contribution in [0.5, 0.6) is 0 Å². The molecule has 0 atom stereocenters. The van der Waals surface area contributed by atoms with Crippen LogP contribution in [0.1, 0.15) is 26.3 Å². The number of carbonyl (C=O) groups is 1. The van der Waals surface area contributed by atoms with Gasteiger partial charge in [0.25, 0.3) is 0 Å². The predicted octanol–water partition coefficient (Wildman–Crippen LogP) is 2.92. The zero-order valence-electron chi connectivity index (χ0n) is 12.1. The third-order valence-electron chi connectivity index (χ3n) is 3.32. The fourth-order valence-electron chi connectivity index (χ4n) is 2.14. The van der Waals surface area contributed by atoms with Crippen molar-refractivity contribution in [1.82, 2.24) is 9.88 Å². The summed E-state index contributed by atoms with van der Waals surface area (Å²) in [6, 6.07) is 9.99. The lowest BCUT2D eigenvalue weighted by Gasteiger charge is -2.34. The number of aromatic nitrogens is 1. The zero-order valence-corrected chi connectivity index (χ0v) is 12.1. The molecule has 0 aliphatic rings. The first kappa shape index (κ1) is 14.5. The average Bonchev–Trinajstić information content (AvgIpc) is 2.36. The number of fused-ring (bicyclic) bond motifs is 1. The van der Waals surface area contributed by atoms with Gasteiger partial charge in [0.15, 0.2) is 0 Å². The van der Waals surface area contributed by atoms with Gasteiger partial charge < -0.3 is 5.11 Å². The first-order valence-electron chi connectivity index (χ1n) is 6.67. The van der Waals surface area contributed by atoms with Crippen LogP contribution in [0.25, 0.3) is 10.9 Å². The minimum atomic E-state index is -0.803. The number of aliphatic carboxylic acids is 1. The van der Waals surface area contributed by atoms with E-state index in [0.29, 0.717) is 6.54 Å². The Morgan fingerprint density at radius 2 is 2.05 bits per heavy atom. The van der Waals surface area contributed by atoms with Gasteiger partial charge in [-0.05, 0) is 44.5 Å². The van der Waals surface area contributed by atoms with Gasteiger partial charge in [0.2, 0.25) is 0 Å². The minimum Gasteiger partial charge on any atom is -0.480 e. The van der Waals surface area contributed by atoms with Crippen LogP contribution in [0.15, 0.2) is 36.5 Å². The van der Waals surface area contributed by atoms with Crippen molar-refractivity contribution in [3.05, 3.63) is 42.1 Å². The Morgan fingerprint density at radius 1 is 1.30 bits per heavy atom. The predicted molar refractivity (Wildman–Crippen MR) is 79.5 cm³/mol. The van der Waals surface area contributed by atoms with Crippen molar-refractivity contribution >= 4 is 16.9 Å². The number of carboxylic acid groups (broad SMARTS) is 1. The Labute approximate surface area is 119 Å². The summed E-state index contributed by atoms with van der Waals surface area (Å²) in [6.07, 6.45) is 1.77. The third kappa shape index (κ3) is 3.54. The van der Waals surface area contributed by atoms with E-state index in [-0.39, 0.29) is 12.1 Å². The Kier molecular flexibility index (Phi) is 4.04. The topological polar surface area (TPSA) is 53.4 Å². The molecule has 0 aliphatic heterocycles. The van der Waals surface area contributed by atoms with E-state index in [4.69, 9.17) is 5.11 Å². The van der Waals surface area contributed by atoms with Gasteiger partial charge in [0, 0.05) is 23.7 Å². The van der Waals surface area contributed by atoms with Crippen LogP contribution in [0.3, 0.4) is 0 Å². The number of hydrogen-bond donors (Lipinski definition) is 1. The van der Waals surface area contributed by atoms with Crippen LogP contribution in [0, 0.1) is 0 Å². The molecular weight excluding hydrogens is 252 g/mol. The number of carboxylic acids is 1. The number of nitrogens with zero attached hydrogens (tertiary/aromatic N) is 2. The van der Waals surface area contributed by atoms with Crippen molar-refractivity contribution < 1.29 is 9.90 Å². The smallest absolute Gasteiger partial charge is 0.317 e. The molecule has 4 nitrogen and oxygen atoms in total. The van der Waals surface area contributed by atoms with Crippen LogP contribution < -0.4 is 0 Å². The van der Waals surface area contributed by atoms with Crippen molar-refractivity contribution in [3.8, 4) is 0 Å². The van der Waals surface area contributed by atoms with Gasteiger partial charge in [-0.1, -0.05) is 12.1 Å². The zero-order chi connectivity index (χ0) is 14.8. The van der Waals surface area contributed by atoms with Gasteiger partial charge in [-0.15, -0.1) is 0 Å². The molecule has 106 valence electrons. The van der Waals surface area contributed by atoms with E-state index in [0.717, 1.165) is 16.5 Å². The van der Waals surface area contributed by atoms with E-state index >= 15 is 0 Å². The van der Waals surface area contributed by atoms with E-state index in [1.807, 2.05) is 49.9 Å². The second-order valence-electron chi connectivity index (χ2n) is 5.95. The first-order chi connectivity index (χ1) is 9.36. The first-order valence-corrected chi connectivity index (χ1v) is 6.67. The molecule has 0 saturated carbocycles. The molecule has 1 aromatic heterocycles. The molecule has 2 aromatic rings. The number of pyridine rings is 1. The fraction of sp³-hybridized carbons (Fsp3) is 0.375. The summed E-state index contributed by atoms with van der Waals surface area (Å²) < 4.78 is 0. The molecule has 2 rings (SSSR count). The van der Waals surface area contributed by atoms with E-state index in [1.54, 1.807) is 6.20 Å². The minimum absolute atomic E-state index is 0.0363. The van der Waals surface area contributed by atoms with Gasteiger partial charge in [-0.25, -0.2) is 0 Å². The number of rotatable bonds is 4. The highest BCUT2D eigenvalue weighted by molar-refractivity contribution is 5.78. The summed E-state index contributed by atoms with van der Waals surface area (Å²) in [7, 11) is 0. The Bertz CT molecular complexity index is 617. The second-order valence-corrected chi connectivity index (χ2v) is 5.95. The molecule has 20 heavy (non-hydrogen) atoms. The second kappa shape index (κ2) is 5.59. The molecule has 0 unspecified atom stereocenters. The standard InChI is InChI=1S/C16H20N2O2/c1-16(2,3)18(11-15(19)20)10-12-6-7-14-13(9-12)5-4-8-17-14/h4-9H,10-11H2,1-3H3,(H,19,20). The van der Waals surface area contributed by atoms with Gasteiger partial charge in [-0.3, -0.25) is 14.7 Å².